The van der Waals surface area contributed by atoms with Crippen molar-refractivity contribution in [2.24, 2.45) is 5.73 Å². The van der Waals surface area contributed by atoms with Gasteiger partial charge in [0.05, 0.1) is 12.7 Å². The molecule has 1 unspecified atom stereocenters. The number of benzene rings is 1. The van der Waals surface area contributed by atoms with Crippen molar-refractivity contribution in [1.82, 2.24) is 9.47 Å². The first-order valence-electron chi connectivity index (χ1n) is 8.41. The van der Waals surface area contributed by atoms with Crippen LogP contribution in [0.2, 0.25) is 0 Å². The van der Waals surface area contributed by atoms with E-state index in [-0.39, 0.29) is 11.9 Å². The molecule has 0 saturated carbocycles. The number of nitrogens with two attached hydrogens (primary N) is 1. The molecule has 24 heavy (non-hydrogen) atoms. The van der Waals surface area contributed by atoms with E-state index in [9.17, 15) is 4.79 Å². The zero-order valence-corrected chi connectivity index (χ0v) is 14.6. The van der Waals surface area contributed by atoms with E-state index in [0.717, 1.165) is 47.8 Å². The standard InChI is InChI=1S/C19H25N3O2/c1-13-11-18(19(23)21-10-4-5-16(21)12-20)14(2)22(13)15-6-8-17(24-3)9-7-15/h6-9,11,16H,4-5,10,12,20H2,1-3H3. The number of methoxy groups -OCH3 is 1. The molecule has 1 atom stereocenters. The molecular weight excluding hydrogens is 302 g/mol. The lowest BCUT2D eigenvalue weighted by Gasteiger charge is -2.23. The summed E-state index contributed by atoms with van der Waals surface area (Å²) in [7, 11) is 1.65. The molecule has 3 rings (SSSR count). The Morgan fingerprint density at radius 3 is 2.62 bits per heavy atom. The molecule has 128 valence electrons. The summed E-state index contributed by atoms with van der Waals surface area (Å²) in [5.74, 6) is 0.913. The van der Waals surface area contributed by atoms with Crippen molar-refractivity contribution >= 4 is 5.91 Å². The number of aromatic nitrogens is 1. The Balaban J connectivity index is 1.95. The molecule has 1 amide bonds. The van der Waals surface area contributed by atoms with E-state index in [1.165, 1.54) is 0 Å². The Labute approximate surface area is 143 Å². The smallest absolute Gasteiger partial charge is 0.255 e. The maximum Gasteiger partial charge on any atom is 0.255 e. The summed E-state index contributed by atoms with van der Waals surface area (Å²) in [4.78, 5) is 14.9. The van der Waals surface area contributed by atoms with Crippen molar-refractivity contribution in [1.29, 1.82) is 0 Å². The van der Waals surface area contributed by atoms with Gasteiger partial charge in [-0.1, -0.05) is 0 Å². The molecule has 0 aliphatic carbocycles. The molecule has 1 aromatic heterocycles. The summed E-state index contributed by atoms with van der Waals surface area (Å²) in [6.07, 6.45) is 2.03. The molecule has 0 radical (unpaired) electrons. The highest BCUT2D eigenvalue weighted by molar-refractivity contribution is 5.96. The van der Waals surface area contributed by atoms with Crippen LogP contribution in [-0.2, 0) is 0 Å². The number of ether oxygens (including phenoxy) is 1. The minimum absolute atomic E-state index is 0.0933. The fourth-order valence-corrected chi connectivity index (χ4v) is 3.61. The van der Waals surface area contributed by atoms with Crippen LogP contribution < -0.4 is 10.5 Å². The zero-order chi connectivity index (χ0) is 17.3. The normalized spacial score (nSPS) is 17.3. The average Bonchev–Trinajstić information content (AvgIpc) is 3.19. The first-order chi connectivity index (χ1) is 11.6. The third kappa shape index (κ3) is 2.80. The average molecular weight is 327 g/mol. The molecule has 2 N–H and O–H groups in total. The van der Waals surface area contributed by atoms with Gasteiger partial charge in [0, 0.05) is 36.2 Å². The molecule has 1 aromatic carbocycles. The summed E-state index contributed by atoms with van der Waals surface area (Å²) in [5, 5.41) is 0. The quantitative estimate of drug-likeness (QED) is 0.939. The van der Waals surface area contributed by atoms with E-state index >= 15 is 0 Å². The number of carbonyl (C=O) groups excluding carboxylic acids is 1. The number of carbonyl (C=O) groups is 1. The van der Waals surface area contributed by atoms with Crippen molar-refractivity contribution in [2.75, 3.05) is 20.2 Å². The van der Waals surface area contributed by atoms with Crippen molar-refractivity contribution in [3.63, 3.8) is 0 Å². The SMILES string of the molecule is COc1ccc(-n2c(C)cc(C(=O)N3CCCC3CN)c2C)cc1. The van der Waals surface area contributed by atoms with Crippen LogP contribution in [0.1, 0.15) is 34.6 Å². The van der Waals surface area contributed by atoms with E-state index in [1.807, 2.05) is 49.1 Å². The van der Waals surface area contributed by atoms with Crippen LogP contribution in [-0.4, -0.2) is 41.6 Å². The van der Waals surface area contributed by atoms with E-state index < -0.39 is 0 Å². The van der Waals surface area contributed by atoms with Crippen molar-refractivity contribution in [2.45, 2.75) is 32.7 Å². The van der Waals surface area contributed by atoms with Gasteiger partial charge in [0.15, 0.2) is 0 Å². The number of amides is 1. The van der Waals surface area contributed by atoms with Gasteiger partial charge in [0.25, 0.3) is 5.91 Å². The minimum Gasteiger partial charge on any atom is -0.497 e. The second-order valence-corrected chi connectivity index (χ2v) is 6.35. The second-order valence-electron chi connectivity index (χ2n) is 6.35. The van der Waals surface area contributed by atoms with Gasteiger partial charge in [-0.05, 0) is 57.0 Å². The van der Waals surface area contributed by atoms with Gasteiger partial charge in [-0.15, -0.1) is 0 Å². The van der Waals surface area contributed by atoms with Crippen LogP contribution >= 0.6 is 0 Å². The first kappa shape index (κ1) is 16.6. The largest absolute Gasteiger partial charge is 0.497 e. The van der Waals surface area contributed by atoms with Crippen LogP contribution in [0.15, 0.2) is 30.3 Å². The molecule has 5 nitrogen and oxygen atoms in total. The predicted octanol–water partition coefficient (Wildman–Crippen LogP) is 2.67. The van der Waals surface area contributed by atoms with Crippen LogP contribution in [0.4, 0.5) is 0 Å². The lowest BCUT2D eigenvalue weighted by Crippen LogP contribution is -2.40. The van der Waals surface area contributed by atoms with E-state index in [4.69, 9.17) is 10.5 Å². The molecule has 1 aliphatic rings. The molecule has 0 bridgehead atoms. The number of likely N-dealkylation sites (tertiary alicyclic amines) is 1. The van der Waals surface area contributed by atoms with Gasteiger partial charge in [-0.25, -0.2) is 0 Å². The van der Waals surface area contributed by atoms with E-state index in [0.29, 0.717) is 6.54 Å². The van der Waals surface area contributed by atoms with Crippen LogP contribution in [0.25, 0.3) is 5.69 Å². The summed E-state index contributed by atoms with van der Waals surface area (Å²) in [5.41, 5.74) is 9.63. The van der Waals surface area contributed by atoms with Gasteiger partial charge in [0.2, 0.25) is 0 Å². The van der Waals surface area contributed by atoms with E-state index in [1.54, 1.807) is 7.11 Å². The predicted molar refractivity (Wildman–Crippen MR) is 94.9 cm³/mol. The number of hydrogen-bond donors (Lipinski definition) is 1. The number of hydrogen-bond acceptors (Lipinski definition) is 3. The first-order valence-corrected chi connectivity index (χ1v) is 8.41. The Bertz CT molecular complexity index is 734. The topological polar surface area (TPSA) is 60.5 Å². The van der Waals surface area contributed by atoms with Gasteiger partial charge in [-0.3, -0.25) is 4.79 Å². The third-order valence-electron chi connectivity index (χ3n) is 4.90. The van der Waals surface area contributed by atoms with Crippen LogP contribution in [0.5, 0.6) is 5.75 Å². The summed E-state index contributed by atoms with van der Waals surface area (Å²) < 4.78 is 7.33. The highest BCUT2D eigenvalue weighted by Crippen LogP contribution is 2.26. The number of rotatable bonds is 4. The zero-order valence-electron chi connectivity index (χ0n) is 14.6. The maximum absolute atomic E-state index is 13.0. The Morgan fingerprint density at radius 1 is 1.29 bits per heavy atom. The number of nitrogens with zero attached hydrogens (tertiary/aromatic N) is 2. The lowest BCUT2D eigenvalue weighted by molar-refractivity contribution is 0.0740. The van der Waals surface area contributed by atoms with Crippen LogP contribution in [0, 0.1) is 13.8 Å². The maximum atomic E-state index is 13.0. The molecule has 1 saturated heterocycles. The molecular formula is C19H25N3O2. The van der Waals surface area contributed by atoms with Crippen LogP contribution in [0.3, 0.4) is 0 Å². The van der Waals surface area contributed by atoms with Crippen molar-refractivity contribution in [3.05, 3.63) is 47.3 Å². The van der Waals surface area contributed by atoms with Gasteiger partial charge in [-0.2, -0.15) is 0 Å². The molecule has 1 fully saturated rings. The molecule has 1 aliphatic heterocycles. The van der Waals surface area contributed by atoms with E-state index in [2.05, 4.69) is 4.57 Å². The lowest BCUT2D eigenvalue weighted by atomic mass is 10.2. The van der Waals surface area contributed by atoms with Gasteiger partial charge < -0.3 is 19.9 Å². The summed E-state index contributed by atoms with van der Waals surface area (Å²) in [6, 6.07) is 10.0. The molecule has 0 spiro atoms. The third-order valence-corrected chi connectivity index (χ3v) is 4.90. The fraction of sp³-hybridized carbons (Fsp3) is 0.421. The Hall–Kier alpha value is -2.27. The summed E-state index contributed by atoms with van der Waals surface area (Å²) in [6.45, 7) is 5.35. The fourth-order valence-electron chi connectivity index (χ4n) is 3.61. The number of aryl methyl sites for hydroxylation is 1. The Kier molecular flexibility index (Phi) is 4.62. The van der Waals surface area contributed by atoms with Gasteiger partial charge in [0.1, 0.15) is 5.75 Å². The van der Waals surface area contributed by atoms with Gasteiger partial charge >= 0.3 is 0 Å². The monoisotopic (exact) mass is 327 g/mol. The van der Waals surface area contributed by atoms with Crippen molar-refractivity contribution in [3.8, 4) is 11.4 Å². The molecule has 5 heteroatoms. The molecule has 2 heterocycles. The highest BCUT2D eigenvalue weighted by Gasteiger charge is 2.30. The summed E-state index contributed by atoms with van der Waals surface area (Å²) >= 11 is 0. The van der Waals surface area contributed by atoms with Crippen molar-refractivity contribution < 1.29 is 9.53 Å². The highest BCUT2D eigenvalue weighted by atomic mass is 16.5. The molecule has 2 aromatic rings. The Morgan fingerprint density at radius 2 is 2.00 bits per heavy atom. The minimum atomic E-state index is 0.0933. The second kappa shape index (κ2) is 6.69.